The van der Waals surface area contributed by atoms with Crippen LogP contribution in [0.4, 0.5) is 5.69 Å². The van der Waals surface area contributed by atoms with Gasteiger partial charge in [-0.3, -0.25) is 0 Å². The number of ether oxygens (including phenoxy) is 1. The molecule has 0 spiro atoms. The Kier molecular flexibility index (Phi) is 5.36. The third-order valence-electron chi connectivity index (χ3n) is 3.72. The van der Waals surface area contributed by atoms with Crippen LogP contribution in [-0.4, -0.2) is 13.7 Å². The van der Waals surface area contributed by atoms with E-state index >= 15 is 0 Å². The van der Waals surface area contributed by atoms with Gasteiger partial charge in [0.25, 0.3) is 0 Å². The molecule has 1 fully saturated rings. The lowest BCUT2D eigenvalue weighted by molar-refractivity contribution is 0.412. The van der Waals surface area contributed by atoms with Crippen LogP contribution in [0.2, 0.25) is 0 Å². The number of anilines is 1. The molecular formula is C15H22BrNO. The monoisotopic (exact) mass is 311 g/mol. The maximum Gasteiger partial charge on any atom is 0.135 e. The molecule has 0 aliphatic heterocycles. The van der Waals surface area contributed by atoms with Crippen LogP contribution in [0.15, 0.2) is 22.7 Å². The highest BCUT2D eigenvalue weighted by Crippen LogP contribution is 2.29. The molecule has 1 aliphatic rings. The van der Waals surface area contributed by atoms with Gasteiger partial charge in [-0.2, -0.15) is 0 Å². The van der Waals surface area contributed by atoms with Gasteiger partial charge in [0.1, 0.15) is 5.75 Å². The molecule has 0 bridgehead atoms. The third-order valence-corrected chi connectivity index (χ3v) is 4.38. The van der Waals surface area contributed by atoms with Crippen molar-refractivity contribution in [1.29, 1.82) is 0 Å². The van der Waals surface area contributed by atoms with Crippen LogP contribution in [0.3, 0.4) is 0 Å². The normalized spacial score (nSPS) is 17.2. The van der Waals surface area contributed by atoms with E-state index in [0.717, 1.165) is 28.4 Å². The summed E-state index contributed by atoms with van der Waals surface area (Å²) in [6.45, 7) is 1.09. The predicted molar refractivity (Wildman–Crippen MR) is 80.4 cm³/mol. The lowest BCUT2D eigenvalue weighted by Gasteiger charge is -2.16. The van der Waals surface area contributed by atoms with Gasteiger partial charge in [0.05, 0.1) is 11.6 Å². The van der Waals surface area contributed by atoms with Gasteiger partial charge in [0, 0.05) is 18.3 Å². The molecule has 0 atom stereocenters. The molecule has 1 aromatic carbocycles. The van der Waals surface area contributed by atoms with Gasteiger partial charge >= 0.3 is 0 Å². The first kappa shape index (κ1) is 13.7. The Morgan fingerprint density at radius 2 is 1.94 bits per heavy atom. The summed E-state index contributed by atoms with van der Waals surface area (Å²) in [6, 6.07) is 6.19. The van der Waals surface area contributed by atoms with Crippen molar-refractivity contribution in [2.75, 3.05) is 19.0 Å². The SMILES string of the molecule is COc1cc(NCC2CCCCCC2)ccc1Br. The lowest BCUT2D eigenvalue weighted by Crippen LogP contribution is -2.13. The first-order valence-electron chi connectivity index (χ1n) is 6.87. The van der Waals surface area contributed by atoms with Crippen LogP contribution in [0.25, 0.3) is 0 Å². The highest BCUT2D eigenvalue weighted by molar-refractivity contribution is 9.10. The minimum absolute atomic E-state index is 0.835. The van der Waals surface area contributed by atoms with E-state index in [1.807, 2.05) is 6.07 Å². The van der Waals surface area contributed by atoms with E-state index in [-0.39, 0.29) is 0 Å². The molecule has 0 heterocycles. The van der Waals surface area contributed by atoms with Crippen LogP contribution in [-0.2, 0) is 0 Å². The second-order valence-electron chi connectivity index (χ2n) is 5.09. The second kappa shape index (κ2) is 7.03. The fourth-order valence-corrected chi connectivity index (χ4v) is 3.01. The van der Waals surface area contributed by atoms with Crippen molar-refractivity contribution in [2.24, 2.45) is 5.92 Å². The average molecular weight is 312 g/mol. The molecule has 0 aromatic heterocycles. The van der Waals surface area contributed by atoms with Crippen molar-refractivity contribution in [3.8, 4) is 5.75 Å². The second-order valence-corrected chi connectivity index (χ2v) is 5.94. The molecule has 0 unspecified atom stereocenters. The summed E-state index contributed by atoms with van der Waals surface area (Å²) in [5.41, 5.74) is 1.15. The topological polar surface area (TPSA) is 21.3 Å². The van der Waals surface area contributed by atoms with Crippen molar-refractivity contribution in [2.45, 2.75) is 38.5 Å². The van der Waals surface area contributed by atoms with E-state index < -0.39 is 0 Å². The average Bonchev–Trinajstić information content (AvgIpc) is 2.66. The number of halogens is 1. The number of rotatable bonds is 4. The van der Waals surface area contributed by atoms with Gasteiger partial charge in [-0.25, -0.2) is 0 Å². The maximum atomic E-state index is 5.31. The van der Waals surface area contributed by atoms with E-state index in [1.165, 1.54) is 38.5 Å². The minimum Gasteiger partial charge on any atom is -0.495 e. The van der Waals surface area contributed by atoms with E-state index in [4.69, 9.17) is 4.74 Å². The van der Waals surface area contributed by atoms with Crippen molar-refractivity contribution in [3.05, 3.63) is 22.7 Å². The summed E-state index contributed by atoms with van der Waals surface area (Å²) in [6.07, 6.45) is 8.39. The quantitative estimate of drug-likeness (QED) is 0.803. The standard InChI is InChI=1S/C15H22BrNO/c1-18-15-10-13(8-9-14(15)16)17-11-12-6-4-2-3-5-7-12/h8-10,12,17H,2-7,11H2,1H3. The van der Waals surface area contributed by atoms with Crippen molar-refractivity contribution >= 4 is 21.6 Å². The zero-order valence-corrected chi connectivity index (χ0v) is 12.6. The summed E-state index contributed by atoms with van der Waals surface area (Å²) in [5.74, 6) is 1.73. The summed E-state index contributed by atoms with van der Waals surface area (Å²) in [5, 5.41) is 3.54. The van der Waals surface area contributed by atoms with Gasteiger partial charge in [0.15, 0.2) is 0 Å². The van der Waals surface area contributed by atoms with Crippen LogP contribution >= 0.6 is 15.9 Å². The summed E-state index contributed by atoms with van der Waals surface area (Å²) < 4.78 is 6.32. The predicted octanol–water partition coefficient (Wildman–Crippen LogP) is 4.84. The van der Waals surface area contributed by atoms with Crippen LogP contribution in [0.1, 0.15) is 38.5 Å². The molecule has 2 rings (SSSR count). The lowest BCUT2D eigenvalue weighted by atomic mass is 10.0. The van der Waals surface area contributed by atoms with Gasteiger partial charge in [-0.15, -0.1) is 0 Å². The smallest absolute Gasteiger partial charge is 0.135 e. The molecule has 2 nitrogen and oxygen atoms in total. The third kappa shape index (κ3) is 3.91. The van der Waals surface area contributed by atoms with Crippen molar-refractivity contribution in [3.63, 3.8) is 0 Å². The Balaban J connectivity index is 1.88. The van der Waals surface area contributed by atoms with E-state index in [1.54, 1.807) is 7.11 Å². The number of methoxy groups -OCH3 is 1. The zero-order valence-electron chi connectivity index (χ0n) is 11.0. The molecule has 1 saturated carbocycles. The Labute approximate surface area is 118 Å². The highest BCUT2D eigenvalue weighted by atomic mass is 79.9. The summed E-state index contributed by atoms with van der Waals surface area (Å²) >= 11 is 3.48. The van der Waals surface area contributed by atoms with E-state index in [0.29, 0.717) is 0 Å². The molecule has 0 radical (unpaired) electrons. The summed E-state index contributed by atoms with van der Waals surface area (Å²) in [4.78, 5) is 0. The first-order chi connectivity index (χ1) is 8.79. The molecule has 0 saturated heterocycles. The number of benzene rings is 1. The fraction of sp³-hybridized carbons (Fsp3) is 0.600. The summed E-state index contributed by atoms with van der Waals surface area (Å²) in [7, 11) is 1.70. The fourth-order valence-electron chi connectivity index (χ4n) is 2.60. The Morgan fingerprint density at radius 1 is 1.22 bits per heavy atom. The van der Waals surface area contributed by atoms with Gasteiger partial charge in [0.2, 0.25) is 0 Å². The molecule has 18 heavy (non-hydrogen) atoms. The number of nitrogens with one attached hydrogen (secondary N) is 1. The highest BCUT2D eigenvalue weighted by Gasteiger charge is 2.12. The van der Waals surface area contributed by atoms with Crippen molar-refractivity contribution in [1.82, 2.24) is 0 Å². The van der Waals surface area contributed by atoms with E-state index in [9.17, 15) is 0 Å². The molecule has 1 N–H and O–H groups in total. The zero-order chi connectivity index (χ0) is 12.8. The van der Waals surface area contributed by atoms with Gasteiger partial charge < -0.3 is 10.1 Å². The maximum absolute atomic E-state index is 5.31. The van der Waals surface area contributed by atoms with Gasteiger partial charge in [-0.1, -0.05) is 25.7 Å². The number of hydrogen-bond acceptors (Lipinski definition) is 2. The largest absolute Gasteiger partial charge is 0.495 e. The minimum atomic E-state index is 0.835. The van der Waals surface area contributed by atoms with Gasteiger partial charge in [-0.05, 0) is 46.8 Å². The molecule has 3 heteroatoms. The molecule has 100 valence electrons. The molecule has 1 aliphatic carbocycles. The Morgan fingerprint density at radius 3 is 2.61 bits per heavy atom. The van der Waals surface area contributed by atoms with Crippen LogP contribution < -0.4 is 10.1 Å². The molecular weight excluding hydrogens is 290 g/mol. The number of hydrogen-bond donors (Lipinski definition) is 1. The van der Waals surface area contributed by atoms with Crippen LogP contribution in [0, 0.1) is 5.92 Å². The van der Waals surface area contributed by atoms with Crippen molar-refractivity contribution < 1.29 is 4.74 Å². The Bertz CT molecular complexity index is 373. The first-order valence-corrected chi connectivity index (χ1v) is 7.66. The molecule has 0 amide bonds. The Hall–Kier alpha value is -0.700. The molecule has 1 aromatic rings. The van der Waals surface area contributed by atoms with E-state index in [2.05, 4.69) is 33.4 Å². The van der Waals surface area contributed by atoms with Crippen LogP contribution in [0.5, 0.6) is 5.75 Å².